The summed E-state index contributed by atoms with van der Waals surface area (Å²) in [5.74, 6) is -0.382. The molecule has 21 heavy (non-hydrogen) atoms. The van der Waals surface area contributed by atoms with Gasteiger partial charge in [0, 0.05) is 18.6 Å². The monoisotopic (exact) mass is 299 g/mol. The molecule has 2 aromatic heterocycles. The van der Waals surface area contributed by atoms with Gasteiger partial charge in [-0.2, -0.15) is 4.99 Å². The topological polar surface area (TPSA) is 65.1 Å². The Balaban J connectivity index is 1.79. The number of thiazole rings is 1. The van der Waals surface area contributed by atoms with Crippen LogP contribution in [0.2, 0.25) is 0 Å². The number of amides is 1. The lowest BCUT2D eigenvalue weighted by atomic mass is 10.2. The van der Waals surface area contributed by atoms with Gasteiger partial charge in [0.25, 0.3) is 0 Å². The van der Waals surface area contributed by atoms with Crippen molar-refractivity contribution in [2.45, 2.75) is 6.54 Å². The number of hydrogen-bond donors (Lipinski definition) is 0. The van der Waals surface area contributed by atoms with Crippen LogP contribution < -0.4 is 4.80 Å². The van der Waals surface area contributed by atoms with Crippen LogP contribution in [0.15, 0.2) is 53.1 Å². The highest BCUT2D eigenvalue weighted by atomic mass is 32.1. The van der Waals surface area contributed by atoms with E-state index in [4.69, 9.17) is 0 Å². The molecule has 6 nitrogen and oxygen atoms in total. The fraction of sp³-hybridized carbons (Fsp3) is 0.143. The molecule has 1 aromatic carbocycles. The number of nitrogens with zero attached hydrogens (tertiary/aromatic N) is 5. The molecule has 0 bridgehead atoms. The van der Waals surface area contributed by atoms with Crippen molar-refractivity contribution in [2.24, 2.45) is 12.0 Å². The maximum absolute atomic E-state index is 12.0. The minimum Gasteiger partial charge on any atom is -0.327 e. The molecule has 0 unspecified atom stereocenters. The highest BCUT2D eigenvalue weighted by Crippen LogP contribution is 2.03. The van der Waals surface area contributed by atoms with Gasteiger partial charge in [-0.05, 0) is 5.56 Å². The van der Waals surface area contributed by atoms with E-state index in [1.165, 1.54) is 11.3 Å². The average Bonchev–Trinajstić information content (AvgIpc) is 3.10. The predicted octanol–water partition coefficient (Wildman–Crippen LogP) is 1.47. The lowest BCUT2D eigenvalue weighted by molar-refractivity contribution is 0.0993. The van der Waals surface area contributed by atoms with Gasteiger partial charge in [0.05, 0.1) is 12.7 Å². The van der Waals surface area contributed by atoms with Crippen molar-refractivity contribution < 1.29 is 4.79 Å². The second-order valence-corrected chi connectivity index (χ2v) is 5.37. The van der Waals surface area contributed by atoms with Crippen molar-refractivity contribution in [3.63, 3.8) is 0 Å². The molecular weight excluding hydrogens is 286 g/mol. The van der Waals surface area contributed by atoms with Crippen molar-refractivity contribution in [3.8, 4) is 0 Å². The first-order valence-corrected chi connectivity index (χ1v) is 7.23. The number of aromatic nitrogens is 4. The van der Waals surface area contributed by atoms with Crippen molar-refractivity contribution in [3.05, 3.63) is 64.2 Å². The Kier molecular flexibility index (Phi) is 3.74. The molecule has 0 aliphatic heterocycles. The van der Waals surface area contributed by atoms with E-state index < -0.39 is 0 Å². The van der Waals surface area contributed by atoms with Crippen LogP contribution in [0, 0.1) is 0 Å². The Morgan fingerprint density at radius 2 is 2.14 bits per heavy atom. The molecular formula is C14H13N5OS. The van der Waals surface area contributed by atoms with E-state index in [1.54, 1.807) is 15.4 Å². The molecule has 0 spiro atoms. The van der Waals surface area contributed by atoms with Crippen LogP contribution in [0.3, 0.4) is 0 Å². The molecule has 0 aliphatic rings. The van der Waals surface area contributed by atoms with E-state index in [9.17, 15) is 4.79 Å². The molecule has 0 radical (unpaired) electrons. The molecule has 0 fully saturated rings. The third-order valence-electron chi connectivity index (χ3n) is 2.90. The zero-order chi connectivity index (χ0) is 14.7. The summed E-state index contributed by atoms with van der Waals surface area (Å²) < 4.78 is 3.42. The summed E-state index contributed by atoms with van der Waals surface area (Å²) in [4.78, 5) is 16.7. The first-order chi connectivity index (χ1) is 10.2. The summed E-state index contributed by atoms with van der Waals surface area (Å²) in [5, 5.41) is 9.73. The number of hydrogen-bond acceptors (Lipinski definition) is 4. The molecule has 0 aliphatic carbocycles. The lowest BCUT2D eigenvalue weighted by Crippen LogP contribution is -2.12. The summed E-state index contributed by atoms with van der Waals surface area (Å²) in [6.45, 7) is 0.577. The van der Waals surface area contributed by atoms with Crippen LogP contribution >= 0.6 is 11.3 Å². The van der Waals surface area contributed by atoms with Crippen LogP contribution in [-0.2, 0) is 13.6 Å². The second kappa shape index (κ2) is 5.84. The Bertz CT molecular complexity index is 815. The molecule has 2 heterocycles. The van der Waals surface area contributed by atoms with E-state index in [1.807, 2.05) is 49.0 Å². The molecule has 0 atom stereocenters. The number of benzene rings is 1. The maximum atomic E-state index is 12.0. The summed E-state index contributed by atoms with van der Waals surface area (Å²) in [6.07, 6.45) is 3.47. The van der Waals surface area contributed by atoms with Gasteiger partial charge >= 0.3 is 5.91 Å². The number of carbonyl (C=O) groups is 1. The van der Waals surface area contributed by atoms with E-state index in [2.05, 4.69) is 15.3 Å². The summed E-state index contributed by atoms with van der Waals surface area (Å²) in [5.41, 5.74) is 1.35. The lowest BCUT2D eigenvalue weighted by Gasteiger charge is -1.98. The minimum absolute atomic E-state index is 0.249. The zero-order valence-electron chi connectivity index (χ0n) is 11.4. The average molecular weight is 299 g/mol. The molecule has 3 rings (SSSR count). The largest absolute Gasteiger partial charge is 0.327 e. The fourth-order valence-corrected chi connectivity index (χ4v) is 2.55. The Morgan fingerprint density at radius 3 is 2.86 bits per heavy atom. The van der Waals surface area contributed by atoms with Gasteiger partial charge in [-0.3, -0.25) is 4.79 Å². The first kappa shape index (κ1) is 13.4. The van der Waals surface area contributed by atoms with Crippen molar-refractivity contribution in [1.29, 1.82) is 0 Å². The Hall–Kier alpha value is -2.54. The summed E-state index contributed by atoms with van der Waals surface area (Å²) in [6, 6.07) is 9.88. The van der Waals surface area contributed by atoms with Gasteiger partial charge in [0.1, 0.15) is 0 Å². The standard InChI is InChI=1S/C14H13N5OS/c1-18-7-8-21-14(18)15-13(20)12-10-19(17-16-12)9-11-5-3-2-4-6-11/h2-8,10H,9H2,1H3. The number of carbonyl (C=O) groups excluding carboxylic acids is 1. The van der Waals surface area contributed by atoms with Crippen molar-refractivity contribution >= 4 is 17.2 Å². The van der Waals surface area contributed by atoms with Gasteiger partial charge in [0.2, 0.25) is 0 Å². The predicted molar refractivity (Wildman–Crippen MR) is 78.7 cm³/mol. The second-order valence-electron chi connectivity index (χ2n) is 4.50. The van der Waals surface area contributed by atoms with Gasteiger partial charge < -0.3 is 4.57 Å². The van der Waals surface area contributed by atoms with Crippen LogP contribution in [0.25, 0.3) is 0 Å². The summed E-state index contributed by atoms with van der Waals surface area (Å²) in [7, 11) is 1.84. The van der Waals surface area contributed by atoms with Gasteiger partial charge in [-0.1, -0.05) is 35.5 Å². The van der Waals surface area contributed by atoms with Gasteiger partial charge in [-0.15, -0.1) is 16.4 Å². The molecule has 106 valence electrons. The third-order valence-corrected chi connectivity index (χ3v) is 3.75. The first-order valence-electron chi connectivity index (χ1n) is 6.35. The Labute approximate surface area is 125 Å². The Morgan fingerprint density at radius 1 is 1.33 bits per heavy atom. The normalized spacial score (nSPS) is 11.8. The van der Waals surface area contributed by atoms with E-state index in [0.29, 0.717) is 11.3 Å². The molecule has 1 amide bonds. The quantitative estimate of drug-likeness (QED) is 0.735. The van der Waals surface area contributed by atoms with Crippen LogP contribution in [-0.4, -0.2) is 25.5 Å². The minimum atomic E-state index is -0.382. The molecule has 0 saturated heterocycles. The zero-order valence-corrected chi connectivity index (χ0v) is 12.2. The number of aryl methyl sites for hydroxylation is 1. The summed E-state index contributed by atoms with van der Waals surface area (Å²) >= 11 is 1.40. The SMILES string of the molecule is Cn1ccsc1=NC(=O)c1cn(Cc2ccccc2)nn1. The van der Waals surface area contributed by atoms with Crippen LogP contribution in [0.1, 0.15) is 16.1 Å². The van der Waals surface area contributed by atoms with E-state index in [-0.39, 0.29) is 11.6 Å². The third kappa shape index (κ3) is 3.14. The highest BCUT2D eigenvalue weighted by Gasteiger charge is 2.10. The van der Waals surface area contributed by atoms with Crippen LogP contribution in [0.5, 0.6) is 0 Å². The number of rotatable bonds is 3. The van der Waals surface area contributed by atoms with Crippen molar-refractivity contribution in [1.82, 2.24) is 19.6 Å². The molecule has 0 saturated carbocycles. The van der Waals surface area contributed by atoms with Gasteiger partial charge in [-0.25, -0.2) is 4.68 Å². The molecule has 0 N–H and O–H groups in total. The van der Waals surface area contributed by atoms with Gasteiger partial charge in [0.15, 0.2) is 10.5 Å². The molecule has 7 heteroatoms. The smallest absolute Gasteiger partial charge is 0.301 e. The van der Waals surface area contributed by atoms with Crippen LogP contribution in [0.4, 0.5) is 0 Å². The highest BCUT2D eigenvalue weighted by molar-refractivity contribution is 7.07. The van der Waals surface area contributed by atoms with Crippen molar-refractivity contribution in [2.75, 3.05) is 0 Å². The fourth-order valence-electron chi connectivity index (χ4n) is 1.82. The van der Waals surface area contributed by atoms with E-state index >= 15 is 0 Å². The maximum Gasteiger partial charge on any atom is 0.301 e. The molecule has 3 aromatic rings. The van der Waals surface area contributed by atoms with E-state index in [0.717, 1.165) is 5.56 Å².